The van der Waals surface area contributed by atoms with Crippen molar-refractivity contribution in [3.8, 4) is 0 Å². The zero-order valence-electron chi connectivity index (χ0n) is 11.4. The summed E-state index contributed by atoms with van der Waals surface area (Å²) in [6.45, 7) is 8.11. The smallest absolute Gasteiger partial charge is 0.0541 e. The number of nitrogens with zero attached hydrogens (tertiary/aromatic N) is 2. The van der Waals surface area contributed by atoms with E-state index in [1.54, 1.807) is 0 Å². The monoisotopic (exact) mass is 247 g/mol. The van der Waals surface area contributed by atoms with Crippen LogP contribution < -0.4 is 5.32 Å². The first kappa shape index (κ1) is 13.5. The summed E-state index contributed by atoms with van der Waals surface area (Å²) in [5, 5.41) is 3.50. The zero-order chi connectivity index (χ0) is 12.6. The third kappa shape index (κ3) is 4.75. The highest BCUT2D eigenvalue weighted by Crippen LogP contribution is 2.10. The molecule has 1 aliphatic heterocycles. The van der Waals surface area contributed by atoms with Crippen molar-refractivity contribution in [3.63, 3.8) is 0 Å². The van der Waals surface area contributed by atoms with Gasteiger partial charge in [-0.1, -0.05) is 19.4 Å². The first-order valence-electron chi connectivity index (χ1n) is 7.17. The number of pyridine rings is 1. The molecular weight excluding hydrogens is 222 g/mol. The lowest BCUT2D eigenvalue weighted by atomic mass is 10.1. The molecule has 0 amide bonds. The van der Waals surface area contributed by atoms with Crippen molar-refractivity contribution in [1.29, 1.82) is 0 Å². The van der Waals surface area contributed by atoms with Crippen molar-refractivity contribution in [2.75, 3.05) is 26.2 Å². The van der Waals surface area contributed by atoms with Crippen LogP contribution >= 0.6 is 0 Å². The number of hydrogen-bond acceptors (Lipinski definition) is 3. The van der Waals surface area contributed by atoms with Crippen LogP contribution in [0.5, 0.6) is 0 Å². The van der Waals surface area contributed by atoms with E-state index in [2.05, 4.69) is 28.2 Å². The van der Waals surface area contributed by atoms with Gasteiger partial charge in [0.15, 0.2) is 0 Å². The van der Waals surface area contributed by atoms with Crippen LogP contribution in [-0.2, 0) is 6.54 Å². The summed E-state index contributed by atoms with van der Waals surface area (Å²) >= 11 is 0. The molecule has 0 saturated carbocycles. The third-order valence-corrected chi connectivity index (χ3v) is 3.54. The maximum atomic E-state index is 4.32. The molecule has 2 rings (SSSR count). The van der Waals surface area contributed by atoms with Gasteiger partial charge in [0.2, 0.25) is 0 Å². The average Bonchev–Trinajstić information content (AvgIpc) is 2.41. The maximum absolute atomic E-state index is 4.32. The number of piperidine rings is 1. The molecule has 1 aliphatic rings. The van der Waals surface area contributed by atoms with Crippen LogP contribution in [-0.4, -0.2) is 36.1 Å². The summed E-state index contributed by atoms with van der Waals surface area (Å²) in [7, 11) is 0. The van der Waals surface area contributed by atoms with Crippen molar-refractivity contribution in [2.24, 2.45) is 5.92 Å². The molecule has 1 fully saturated rings. The molecule has 2 heterocycles. The van der Waals surface area contributed by atoms with E-state index in [-0.39, 0.29) is 0 Å². The standard InChI is InChI=1S/C15H25N3/c1-14(13-18-9-5-2-6-10-18)11-16-12-15-7-3-4-8-17-15/h3-4,7-8,14,16H,2,5-6,9-13H2,1H3. The molecule has 0 bridgehead atoms. The Morgan fingerprint density at radius 2 is 2.11 bits per heavy atom. The SMILES string of the molecule is CC(CNCc1ccccn1)CN1CCCCC1. The second-order valence-electron chi connectivity index (χ2n) is 5.42. The Labute approximate surface area is 111 Å². The van der Waals surface area contributed by atoms with Crippen molar-refractivity contribution in [2.45, 2.75) is 32.7 Å². The summed E-state index contributed by atoms with van der Waals surface area (Å²) < 4.78 is 0. The van der Waals surface area contributed by atoms with E-state index >= 15 is 0 Å². The average molecular weight is 247 g/mol. The van der Waals surface area contributed by atoms with Gasteiger partial charge in [-0.2, -0.15) is 0 Å². The number of hydrogen-bond donors (Lipinski definition) is 1. The van der Waals surface area contributed by atoms with Gasteiger partial charge in [0.1, 0.15) is 0 Å². The molecule has 0 spiro atoms. The minimum Gasteiger partial charge on any atom is -0.311 e. The second-order valence-corrected chi connectivity index (χ2v) is 5.42. The van der Waals surface area contributed by atoms with Crippen molar-refractivity contribution in [1.82, 2.24) is 15.2 Å². The van der Waals surface area contributed by atoms with E-state index < -0.39 is 0 Å². The first-order chi connectivity index (χ1) is 8.84. The van der Waals surface area contributed by atoms with Crippen LogP contribution in [0.15, 0.2) is 24.4 Å². The van der Waals surface area contributed by atoms with Gasteiger partial charge in [0.05, 0.1) is 5.69 Å². The molecule has 1 aromatic rings. The fraction of sp³-hybridized carbons (Fsp3) is 0.667. The van der Waals surface area contributed by atoms with E-state index in [4.69, 9.17) is 0 Å². The molecule has 1 unspecified atom stereocenters. The first-order valence-corrected chi connectivity index (χ1v) is 7.17. The van der Waals surface area contributed by atoms with Gasteiger partial charge >= 0.3 is 0 Å². The quantitative estimate of drug-likeness (QED) is 0.836. The third-order valence-electron chi connectivity index (χ3n) is 3.54. The minimum absolute atomic E-state index is 0.715. The Balaban J connectivity index is 1.61. The van der Waals surface area contributed by atoms with E-state index in [0.29, 0.717) is 5.92 Å². The molecule has 18 heavy (non-hydrogen) atoms. The number of likely N-dealkylation sites (tertiary alicyclic amines) is 1. The van der Waals surface area contributed by atoms with Gasteiger partial charge in [0, 0.05) is 19.3 Å². The minimum atomic E-state index is 0.715. The number of aromatic nitrogens is 1. The van der Waals surface area contributed by atoms with Crippen LogP contribution in [0.2, 0.25) is 0 Å². The largest absolute Gasteiger partial charge is 0.311 e. The van der Waals surface area contributed by atoms with E-state index in [0.717, 1.165) is 18.8 Å². The summed E-state index contributed by atoms with van der Waals surface area (Å²) in [4.78, 5) is 6.93. The van der Waals surface area contributed by atoms with Gasteiger partial charge in [0.25, 0.3) is 0 Å². The van der Waals surface area contributed by atoms with Gasteiger partial charge in [-0.25, -0.2) is 0 Å². The predicted molar refractivity (Wildman–Crippen MR) is 75.4 cm³/mol. The second kappa shape index (κ2) is 7.49. The lowest BCUT2D eigenvalue weighted by molar-refractivity contribution is 0.199. The molecule has 0 radical (unpaired) electrons. The molecule has 1 atom stereocenters. The molecule has 1 N–H and O–H groups in total. The molecule has 1 aromatic heterocycles. The zero-order valence-corrected chi connectivity index (χ0v) is 11.4. The summed E-state index contributed by atoms with van der Waals surface area (Å²) in [6, 6.07) is 6.08. The molecule has 1 saturated heterocycles. The van der Waals surface area contributed by atoms with Crippen LogP contribution in [0, 0.1) is 5.92 Å². The molecule has 0 aliphatic carbocycles. The van der Waals surface area contributed by atoms with Crippen molar-refractivity contribution >= 4 is 0 Å². The van der Waals surface area contributed by atoms with Gasteiger partial charge in [-0.3, -0.25) is 4.98 Å². The fourth-order valence-electron chi connectivity index (χ4n) is 2.60. The van der Waals surface area contributed by atoms with E-state index in [1.807, 2.05) is 18.3 Å². The highest BCUT2D eigenvalue weighted by molar-refractivity contribution is 5.02. The highest BCUT2D eigenvalue weighted by atomic mass is 15.1. The van der Waals surface area contributed by atoms with E-state index in [1.165, 1.54) is 38.9 Å². The normalized spacial score (nSPS) is 18.7. The highest BCUT2D eigenvalue weighted by Gasteiger charge is 2.12. The van der Waals surface area contributed by atoms with Crippen LogP contribution in [0.4, 0.5) is 0 Å². The maximum Gasteiger partial charge on any atom is 0.0541 e. The molecule has 3 heteroatoms. The Morgan fingerprint density at radius 3 is 2.83 bits per heavy atom. The number of nitrogens with one attached hydrogen (secondary N) is 1. The molecule has 0 aromatic carbocycles. The van der Waals surface area contributed by atoms with Crippen molar-refractivity contribution < 1.29 is 0 Å². The van der Waals surface area contributed by atoms with Crippen LogP contribution in [0.25, 0.3) is 0 Å². The lowest BCUT2D eigenvalue weighted by Gasteiger charge is -2.29. The fourth-order valence-corrected chi connectivity index (χ4v) is 2.60. The van der Waals surface area contributed by atoms with Crippen molar-refractivity contribution in [3.05, 3.63) is 30.1 Å². The van der Waals surface area contributed by atoms with Gasteiger partial charge in [-0.05, 0) is 50.5 Å². The van der Waals surface area contributed by atoms with E-state index in [9.17, 15) is 0 Å². The van der Waals surface area contributed by atoms with Crippen LogP contribution in [0.1, 0.15) is 31.9 Å². The summed E-state index contributed by atoms with van der Waals surface area (Å²) in [5.41, 5.74) is 1.13. The van der Waals surface area contributed by atoms with Gasteiger partial charge < -0.3 is 10.2 Å². The summed E-state index contributed by atoms with van der Waals surface area (Å²) in [5.74, 6) is 0.715. The summed E-state index contributed by atoms with van der Waals surface area (Å²) in [6.07, 6.45) is 6.04. The Bertz CT molecular complexity index is 320. The molecule has 100 valence electrons. The Hall–Kier alpha value is -0.930. The number of rotatable bonds is 6. The Kier molecular flexibility index (Phi) is 5.62. The molecular formula is C15H25N3. The predicted octanol–water partition coefficient (Wildman–Crippen LogP) is 2.29. The van der Waals surface area contributed by atoms with Crippen LogP contribution in [0.3, 0.4) is 0 Å². The van der Waals surface area contributed by atoms with Gasteiger partial charge in [-0.15, -0.1) is 0 Å². The lowest BCUT2D eigenvalue weighted by Crippen LogP contribution is -2.36. The topological polar surface area (TPSA) is 28.2 Å². The Morgan fingerprint density at radius 1 is 1.28 bits per heavy atom. The molecule has 3 nitrogen and oxygen atoms in total.